The molecule has 0 amide bonds. The predicted molar refractivity (Wildman–Crippen MR) is 89.9 cm³/mol. The summed E-state index contributed by atoms with van der Waals surface area (Å²) in [6, 6.07) is 6.10. The SMILES string of the molecule is Clc1cc(I)c(OCc2nnnn2C2CC2)c2ncccc12. The molecule has 0 atom stereocenters. The molecule has 6 nitrogen and oxygen atoms in total. The van der Waals surface area contributed by atoms with Crippen molar-refractivity contribution in [2.75, 3.05) is 0 Å². The van der Waals surface area contributed by atoms with E-state index in [0.717, 1.165) is 33.1 Å². The van der Waals surface area contributed by atoms with Crippen LogP contribution in [0.15, 0.2) is 24.4 Å². The lowest BCUT2D eigenvalue weighted by molar-refractivity contribution is 0.287. The van der Waals surface area contributed by atoms with E-state index in [1.165, 1.54) is 0 Å². The molecule has 2 heterocycles. The highest BCUT2D eigenvalue weighted by molar-refractivity contribution is 14.1. The van der Waals surface area contributed by atoms with Crippen LogP contribution in [-0.2, 0) is 6.61 Å². The third-order valence-electron chi connectivity index (χ3n) is 3.55. The second kappa shape index (κ2) is 5.62. The van der Waals surface area contributed by atoms with E-state index in [-0.39, 0.29) is 0 Å². The first-order valence-electron chi connectivity index (χ1n) is 6.86. The van der Waals surface area contributed by atoms with Gasteiger partial charge in [0.15, 0.2) is 11.6 Å². The van der Waals surface area contributed by atoms with Gasteiger partial charge in [-0.2, -0.15) is 0 Å². The van der Waals surface area contributed by atoms with Crippen LogP contribution < -0.4 is 4.74 Å². The van der Waals surface area contributed by atoms with E-state index in [9.17, 15) is 0 Å². The van der Waals surface area contributed by atoms with Crippen molar-refractivity contribution < 1.29 is 4.74 Å². The van der Waals surface area contributed by atoms with Crippen molar-refractivity contribution in [3.63, 3.8) is 0 Å². The molecule has 1 saturated carbocycles. The van der Waals surface area contributed by atoms with E-state index in [2.05, 4.69) is 43.1 Å². The first kappa shape index (κ1) is 14.1. The fourth-order valence-electron chi connectivity index (χ4n) is 2.33. The monoisotopic (exact) mass is 427 g/mol. The van der Waals surface area contributed by atoms with Gasteiger partial charge in [0.2, 0.25) is 0 Å². The van der Waals surface area contributed by atoms with E-state index in [4.69, 9.17) is 16.3 Å². The van der Waals surface area contributed by atoms with Gasteiger partial charge in [0.25, 0.3) is 0 Å². The lowest BCUT2D eigenvalue weighted by Gasteiger charge is -2.11. The van der Waals surface area contributed by atoms with Gasteiger partial charge in [-0.15, -0.1) is 5.10 Å². The van der Waals surface area contributed by atoms with E-state index >= 15 is 0 Å². The van der Waals surface area contributed by atoms with Crippen molar-refractivity contribution in [1.82, 2.24) is 25.2 Å². The third kappa shape index (κ3) is 2.52. The molecule has 112 valence electrons. The molecular formula is C14H11ClIN5O. The van der Waals surface area contributed by atoms with Crippen molar-refractivity contribution in [3.8, 4) is 5.75 Å². The van der Waals surface area contributed by atoms with Crippen LogP contribution in [0.2, 0.25) is 5.02 Å². The largest absolute Gasteiger partial charge is 0.482 e. The van der Waals surface area contributed by atoms with E-state index in [1.54, 1.807) is 6.20 Å². The summed E-state index contributed by atoms with van der Waals surface area (Å²) < 4.78 is 8.74. The molecule has 0 N–H and O–H groups in total. The molecule has 0 aliphatic heterocycles. The molecule has 2 aromatic heterocycles. The second-order valence-electron chi connectivity index (χ2n) is 5.13. The molecule has 1 aliphatic carbocycles. The van der Waals surface area contributed by atoms with E-state index in [1.807, 2.05) is 22.9 Å². The minimum absolute atomic E-state index is 0.312. The van der Waals surface area contributed by atoms with Crippen LogP contribution in [0.25, 0.3) is 10.9 Å². The zero-order chi connectivity index (χ0) is 15.1. The predicted octanol–water partition coefficient (Wildman–Crippen LogP) is 3.39. The highest BCUT2D eigenvalue weighted by Gasteiger charge is 2.28. The number of ether oxygens (including phenoxy) is 1. The number of rotatable bonds is 4. The molecule has 0 bridgehead atoms. The third-order valence-corrected chi connectivity index (χ3v) is 4.66. The zero-order valence-electron chi connectivity index (χ0n) is 11.4. The molecule has 1 aromatic carbocycles. The van der Waals surface area contributed by atoms with Crippen LogP contribution in [0.5, 0.6) is 5.75 Å². The fraction of sp³-hybridized carbons (Fsp3) is 0.286. The molecular weight excluding hydrogens is 417 g/mol. The average molecular weight is 428 g/mol. The summed E-state index contributed by atoms with van der Waals surface area (Å²) in [6.07, 6.45) is 3.98. The van der Waals surface area contributed by atoms with Crippen molar-refractivity contribution in [1.29, 1.82) is 0 Å². The summed E-state index contributed by atoms with van der Waals surface area (Å²) in [5.41, 5.74) is 0.754. The summed E-state index contributed by atoms with van der Waals surface area (Å²) >= 11 is 8.47. The van der Waals surface area contributed by atoms with Gasteiger partial charge < -0.3 is 4.74 Å². The Kier molecular flexibility index (Phi) is 3.61. The molecule has 0 saturated heterocycles. The van der Waals surface area contributed by atoms with Gasteiger partial charge in [-0.25, -0.2) is 4.68 Å². The number of tetrazole rings is 1. The molecule has 3 aromatic rings. The molecule has 0 spiro atoms. The van der Waals surface area contributed by atoms with Crippen LogP contribution in [0.3, 0.4) is 0 Å². The molecule has 0 unspecified atom stereocenters. The maximum absolute atomic E-state index is 6.27. The van der Waals surface area contributed by atoms with Crippen LogP contribution in [-0.4, -0.2) is 25.2 Å². The smallest absolute Gasteiger partial charge is 0.189 e. The minimum atomic E-state index is 0.312. The Morgan fingerprint density at radius 1 is 1.41 bits per heavy atom. The lowest BCUT2D eigenvalue weighted by atomic mass is 10.2. The Morgan fingerprint density at radius 2 is 2.27 bits per heavy atom. The first-order chi connectivity index (χ1) is 10.7. The van der Waals surface area contributed by atoms with Gasteiger partial charge in [-0.1, -0.05) is 11.6 Å². The number of hydrogen-bond donors (Lipinski definition) is 0. The maximum Gasteiger partial charge on any atom is 0.189 e. The highest BCUT2D eigenvalue weighted by Crippen LogP contribution is 2.36. The molecule has 22 heavy (non-hydrogen) atoms. The second-order valence-corrected chi connectivity index (χ2v) is 6.70. The standard InChI is InChI=1S/C14H11ClIN5O/c15-10-6-11(16)14(13-9(10)2-1-5-17-13)22-7-12-18-19-20-21(12)8-3-4-8/h1-2,5-6,8H,3-4,7H2. The Bertz CT molecular complexity index is 848. The Morgan fingerprint density at radius 3 is 3.09 bits per heavy atom. The number of benzene rings is 1. The number of nitrogens with zero attached hydrogens (tertiary/aromatic N) is 5. The lowest BCUT2D eigenvalue weighted by Crippen LogP contribution is -2.08. The fourth-order valence-corrected chi connectivity index (χ4v) is 3.50. The van der Waals surface area contributed by atoms with Gasteiger partial charge in [-0.05, 0) is 64.1 Å². The number of hydrogen-bond acceptors (Lipinski definition) is 5. The summed E-state index contributed by atoms with van der Waals surface area (Å²) in [5.74, 6) is 1.45. The van der Waals surface area contributed by atoms with E-state index < -0.39 is 0 Å². The van der Waals surface area contributed by atoms with Gasteiger partial charge in [0.1, 0.15) is 12.1 Å². The normalized spacial score (nSPS) is 14.5. The summed E-state index contributed by atoms with van der Waals surface area (Å²) in [4.78, 5) is 4.40. The molecule has 1 fully saturated rings. The number of halogens is 2. The summed E-state index contributed by atoms with van der Waals surface area (Å²) in [7, 11) is 0. The van der Waals surface area contributed by atoms with Crippen LogP contribution in [0.1, 0.15) is 24.7 Å². The highest BCUT2D eigenvalue weighted by atomic mass is 127. The van der Waals surface area contributed by atoms with Gasteiger partial charge in [-0.3, -0.25) is 4.98 Å². The maximum atomic E-state index is 6.27. The van der Waals surface area contributed by atoms with Crippen LogP contribution in [0.4, 0.5) is 0 Å². The topological polar surface area (TPSA) is 65.7 Å². The van der Waals surface area contributed by atoms with Gasteiger partial charge in [0.05, 0.1) is 14.6 Å². The first-order valence-corrected chi connectivity index (χ1v) is 8.32. The Labute approximate surface area is 145 Å². The number of aromatic nitrogens is 5. The molecule has 4 rings (SSSR count). The molecule has 8 heteroatoms. The summed E-state index contributed by atoms with van der Waals surface area (Å²) in [5, 5.41) is 13.4. The van der Waals surface area contributed by atoms with Crippen molar-refractivity contribution in [2.45, 2.75) is 25.5 Å². The van der Waals surface area contributed by atoms with Gasteiger partial charge in [0, 0.05) is 11.6 Å². The quantitative estimate of drug-likeness (QED) is 0.597. The molecule has 1 aliphatic rings. The van der Waals surface area contributed by atoms with Gasteiger partial charge >= 0.3 is 0 Å². The van der Waals surface area contributed by atoms with Crippen molar-refractivity contribution >= 4 is 45.1 Å². The Hall–Kier alpha value is -1.48. The average Bonchev–Trinajstić information content (AvgIpc) is 3.26. The molecule has 0 radical (unpaired) electrons. The number of fused-ring (bicyclic) bond motifs is 1. The van der Waals surface area contributed by atoms with Crippen LogP contribution >= 0.6 is 34.2 Å². The van der Waals surface area contributed by atoms with E-state index in [0.29, 0.717) is 23.4 Å². The summed E-state index contributed by atoms with van der Waals surface area (Å²) in [6.45, 7) is 0.312. The minimum Gasteiger partial charge on any atom is -0.482 e. The Balaban J connectivity index is 1.68. The van der Waals surface area contributed by atoms with Crippen LogP contribution in [0, 0.1) is 3.57 Å². The van der Waals surface area contributed by atoms with Crippen molar-refractivity contribution in [3.05, 3.63) is 38.8 Å². The number of pyridine rings is 1. The zero-order valence-corrected chi connectivity index (χ0v) is 14.3. The van der Waals surface area contributed by atoms with Crippen molar-refractivity contribution in [2.24, 2.45) is 0 Å².